The summed E-state index contributed by atoms with van der Waals surface area (Å²) in [6.07, 6.45) is 1.17. The number of aliphatic hydroxyl groups excluding tert-OH is 1. The van der Waals surface area contributed by atoms with Gasteiger partial charge in [0.25, 0.3) is 0 Å². The molecule has 0 fully saturated rings. The van der Waals surface area contributed by atoms with E-state index in [1.807, 2.05) is 6.07 Å². The van der Waals surface area contributed by atoms with E-state index in [1.54, 1.807) is 36.4 Å². The summed E-state index contributed by atoms with van der Waals surface area (Å²) in [7, 11) is -3.25. The molecular weight excluding hydrogens is 347 g/mol. The highest BCUT2D eigenvalue weighted by Gasteiger charge is 2.14. The first-order chi connectivity index (χ1) is 11.4. The van der Waals surface area contributed by atoms with Crippen molar-refractivity contribution in [2.45, 2.75) is 11.5 Å². The standard InChI is InChI=1S/C18H15FO3S2/c1-24(21,22)16-8-4-12(5-9-16)17-10-15(11-20)23-18(17)13-2-6-14(19)7-3-13/h2-10,20H,11H2,1H3. The Kier molecular flexibility index (Phi) is 4.54. The molecule has 0 spiro atoms. The lowest BCUT2D eigenvalue weighted by molar-refractivity contribution is 0.285. The normalized spacial score (nSPS) is 11.6. The van der Waals surface area contributed by atoms with Gasteiger partial charge in [-0.05, 0) is 41.5 Å². The molecule has 0 aliphatic rings. The number of hydrogen-bond acceptors (Lipinski definition) is 4. The van der Waals surface area contributed by atoms with E-state index in [9.17, 15) is 17.9 Å². The number of sulfone groups is 1. The second kappa shape index (κ2) is 6.47. The molecule has 1 N–H and O–H groups in total. The van der Waals surface area contributed by atoms with Crippen LogP contribution < -0.4 is 0 Å². The maximum atomic E-state index is 13.2. The van der Waals surface area contributed by atoms with Crippen LogP contribution in [0.4, 0.5) is 4.39 Å². The molecule has 0 radical (unpaired) electrons. The molecule has 124 valence electrons. The summed E-state index contributed by atoms with van der Waals surface area (Å²) in [6.45, 7) is -0.0831. The first kappa shape index (κ1) is 16.8. The topological polar surface area (TPSA) is 54.4 Å². The monoisotopic (exact) mass is 362 g/mol. The zero-order chi connectivity index (χ0) is 17.3. The van der Waals surface area contributed by atoms with Crippen LogP contribution in [0.3, 0.4) is 0 Å². The van der Waals surface area contributed by atoms with Crippen molar-refractivity contribution in [1.82, 2.24) is 0 Å². The molecule has 0 atom stereocenters. The minimum Gasteiger partial charge on any atom is -0.391 e. The van der Waals surface area contributed by atoms with Crippen LogP contribution in [0.25, 0.3) is 21.6 Å². The first-order valence-corrected chi connectivity index (χ1v) is 9.89. The van der Waals surface area contributed by atoms with Gasteiger partial charge < -0.3 is 5.11 Å². The van der Waals surface area contributed by atoms with Crippen molar-refractivity contribution < 1.29 is 17.9 Å². The van der Waals surface area contributed by atoms with E-state index in [2.05, 4.69) is 0 Å². The lowest BCUT2D eigenvalue weighted by Crippen LogP contribution is -1.96. The van der Waals surface area contributed by atoms with Gasteiger partial charge in [-0.3, -0.25) is 0 Å². The third-order valence-corrected chi connectivity index (χ3v) is 5.94. The maximum absolute atomic E-state index is 13.2. The van der Waals surface area contributed by atoms with Crippen molar-refractivity contribution in [2.24, 2.45) is 0 Å². The molecular formula is C18H15FO3S2. The minimum atomic E-state index is -3.25. The van der Waals surface area contributed by atoms with Gasteiger partial charge in [-0.15, -0.1) is 11.3 Å². The molecule has 0 bridgehead atoms. The van der Waals surface area contributed by atoms with E-state index in [1.165, 1.54) is 29.7 Å². The second-order valence-electron chi connectivity index (χ2n) is 5.42. The summed E-state index contributed by atoms with van der Waals surface area (Å²) < 4.78 is 36.3. The Morgan fingerprint density at radius 2 is 1.58 bits per heavy atom. The van der Waals surface area contributed by atoms with Crippen LogP contribution in [0.2, 0.25) is 0 Å². The molecule has 1 aromatic heterocycles. The van der Waals surface area contributed by atoms with Crippen molar-refractivity contribution in [3.8, 4) is 21.6 Å². The van der Waals surface area contributed by atoms with Crippen LogP contribution >= 0.6 is 11.3 Å². The van der Waals surface area contributed by atoms with Gasteiger partial charge in [0.2, 0.25) is 0 Å². The van der Waals surface area contributed by atoms with E-state index in [0.29, 0.717) is 0 Å². The number of benzene rings is 2. The van der Waals surface area contributed by atoms with E-state index >= 15 is 0 Å². The van der Waals surface area contributed by atoms with Gasteiger partial charge in [0.05, 0.1) is 11.5 Å². The fourth-order valence-electron chi connectivity index (χ4n) is 2.43. The van der Waals surface area contributed by atoms with Crippen LogP contribution in [-0.2, 0) is 16.4 Å². The van der Waals surface area contributed by atoms with Gasteiger partial charge in [-0.25, -0.2) is 12.8 Å². The Hall–Kier alpha value is -2.02. The summed E-state index contributed by atoms with van der Waals surface area (Å²) in [5.41, 5.74) is 2.58. The zero-order valence-electron chi connectivity index (χ0n) is 12.9. The number of aliphatic hydroxyl groups is 1. The van der Waals surface area contributed by atoms with Crippen LogP contribution in [0.1, 0.15) is 4.88 Å². The average molecular weight is 362 g/mol. The molecule has 0 saturated heterocycles. The molecule has 3 nitrogen and oxygen atoms in total. The highest BCUT2D eigenvalue weighted by Crippen LogP contribution is 2.39. The Labute approximate surface area is 144 Å². The Balaban J connectivity index is 2.10. The van der Waals surface area contributed by atoms with Gasteiger partial charge in [-0.1, -0.05) is 24.3 Å². The second-order valence-corrected chi connectivity index (χ2v) is 8.57. The Bertz CT molecular complexity index is 957. The van der Waals surface area contributed by atoms with Gasteiger partial charge in [0.1, 0.15) is 5.82 Å². The number of rotatable bonds is 4. The first-order valence-electron chi connectivity index (χ1n) is 7.18. The van der Waals surface area contributed by atoms with Crippen molar-refractivity contribution in [3.63, 3.8) is 0 Å². The summed E-state index contributed by atoms with van der Waals surface area (Å²) >= 11 is 1.43. The molecule has 24 heavy (non-hydrogen) atoms. The van der Waals surface area contributed by atoms with Crippen LogP contribution in [0.15, 0.2) is 59.5 Å². The van der Waals surface area contributed by atoms with Crippen LogP contribution in [-0.4, -0.2) is 19.8 Å². The molecule has 0 unspecified atom stereocenters. The highest BCUT2D eigenvalue weighted by molar-refractivity contribution is 7.90. The molecule has 6 heteroatoms. The smallest absolute Gasteiger partial charge is 0.175 e. The number of halogens is 1. The summed E-state index contributed by atoms with van der Waals surface area (Å²) in [5.74, 6) is -0.309. The zero-order valence-corrected chi connectivity index (χ0v) is 14.5. The molecule has 2 aromatic carbocycles. The average Bonchev–Trinajstić information content (AvgIpc) is 2.99. The van der Waals surface area contributed by atoms with Crippen molar-refractivity contribution in [1.29, 1.82) is 0 Å². The molecule has 0 amide bonds. The minimum absolute atomic E-state index is 0.0831. The van der Waals surface area contributed by atoms with E-state index in [-0.39, 0.29) is 17.3 Å². The van der Waals surface area contributed by atoms with E-state index in [0.717, 1.165) is 26.4 Å². The maximum Gasteiger partial charge on any atom is 0.175 e. The quantitative estimate of drug-likeness (QED) is 0.760. The third-order valence-electron chi connectivity index (χ3n) is 3.64. The van der Waals surface area contributed by atoms with Crippen LogP contribution in [0, 0.1) is 5.82 Å². The predicted octanol–water partition coefficient (Wildman–Crippen LogP) is 4.12. The largest absolute Gasteiger partial charge is 0.391 e. The van der Waals surface area contributed by atoms with Gasteiger partial charge in [0.15, 0.2) is 9.84 Å². The fourth-order valence-corrected chi connectivity index (χ4v) is 4.11. The Morgan fingerprint density at radius 3 is 2.12 bits per heavy atom. The van der Waals surface area contributed by atoms with Crippen LogP contribution in [0.5, 0.6) is 0 Å². The Morgan fingerprint density at radius 1 is 1.00 bits per heavy atom. The highest BCUT2D eigenvalue weighted by atomic mass is 32.2. The predicted molar refractivity (Wildman–Crippen MR) is 94.2 cm³/mol. The van der Waals surface area contributed by atoms with Crippen molar-refractivity contribution in [2.75, 3.05) is 6.26 Å². The van der Waals surface area contributed by atoms with Crippen molar-refractivity contribution in [3.05, 3.63) is 65.3 Å². The van der Waals surface area contributed by atoms with Gasteiger partial charge in [-0.2, -0.15) is 0 Å². The van der Waals surface area contributed by atoms with E-state index in [4.69, 9.17) is 0 Å². The molecule has 3 rings (SSSR count). The molecule has 1 heterocycles. The number of hydrogen-bond donors (Lipinski definition) is 1. The molecule has 0 saturated carbocycles. The summed E-state index contributed by atoms with van der Waals surface area (Å²) in [5, 5.41) is 9.44. The molecule has 0 aliphatic heterocycles. The fraction of sp³-hybridized carbons (Fsp3) is 0.111. The molecule has 3 aromatic rings. The lowest BCUT2D eigenvalue weighted by atomic mass is 10.0. The molecule has 0 aliphatic carbocycles. The lowest BCUT2D eigenvalue weighted by Gasteiger charge is -2.06. The van der Waals surface area contributed by atoms with E-state index < -0.39 is 9.84 Å². The summed E-state index contributed by atoms with van der Waals surface area (Å²) in [6, 6.07) is 14.7. The third kappa shape index (κ3) is 3.40. The van der Waals surface area contributed by atoms with Gasteiger partial charge >= 0.3 is 0 Å². The SMILES string of the molecule is CS(=O)(=O)c1ccc(-c2cc(CO)sc2-c2ccc(F)cc2)cc1. The summed E-state index contributed by atoms with van der Waals surface area (Å²) in [4.78, 5) is 1.95. The number of thiophene rings is 1. The van der Waals surface area contributed by atoms with Crippen molar-refractivity contribution >= 4 is 21.2 Å². The van der Waals surface area contributed by atoms with Gasteiger partial charge in [0, 0.05) is 21.6 Å².